The monoisotopic (exact) mass is 293 g/mol. The van der Waals surface area contributed by atoms with E-state index in [9.17, 15) is 9.90 Å². The highest BCUT2D eigenvalue weighted by molar-refractivity contribution is 5.69. The van der Waals surface area contributed by atoms with Gasteiger partial charge >= 0.3 is 5.97 Å². The van der Waals surface area contributed by atoms with Crippen LogP contribution in [0.1, 0.15) is 24.5 Å². The highest BCUT2D eigenvalue weighted by atomic mass is 16.5. The number of morpholine rings is 1. The maximum absolute atomic E-state index is 11.4. The summed E-state index contributed by atoms with van der Waals surface area (Å²) in [6.07, 6.45) is 0.0345. The summed E-state index contributed by atoms with van der Waals surface area (Å²) in [5.74, 6) is -0.0802. The zero-order valence-electron chi connectivity index (χ0n) is 12.9. The van der Waals surface area contributed by atoms with Gasteiger partial charge < -0.3 is 14.6 Å². The third-order valence-corrected chi connectivity index (χ3v) is 4.14. The Morgan fingerprint density at radius 1 is 1.43 bits per heavy atom. The van der Waals surface area contributed by atoms with E-state index in [1.807, 2.05) is 32.0 Å². The molecule has 5 nitrogen and oxygen atoms in total. The summed E-state index contributed by atoms with van der Waals surface area (Å²) in [5, 5.41) is 9.38. The van der Waals surface area contributed by atoms with Gasteiger partial charge in [-0.3, -0.25) is 9.69 Å². The molecule has 0 aromatic heterocycles. The molecule has 116 valence electrons. The molecule has 1 unspecified atom stereocenters. The predicted octanol–water partition coefficient (Wildman–Crippen LogP) is 2.03. The summed E-state index contributed by atoms with van der Waals surface area (Å²) in [5.41, 5.74) is 1.41. The van der Waals surface area contributed by atoms with E-state index < -0.39 is 11.5 Å². The van der Waals surface area contributed by atoms with Crippen LogP contribution in [0.15, 0.2) is 18.2 Å². The van der Waals surface area contributed by atoms with Gasteiger partial charge in [0.15, 0.2) is 0 Å². The molecule has 1 aromatic rings. The van der Waals surface area contributed by atoms with Gasteiger partial charge in [0, 0.05) is 18.7 Å². The molecule has 1 N–H and O–H groups in total. The van der Waals surface area contributed by atoms with Gasteiger partial charge in [-0.05, 0) is 19.9 Å². The average molecular weight is 293 g/mol. The Labute approximate surface area is 125 Å². The summed E-state index contributed by atoms with van der Waals surface area (Å²) in [7, 11) is 1.62. The fourth-order valence-corrected chi connectivity index (χ4v) is 2.97. The molecule has 1 aliphatic heterocycles. The lowest BCUT2D eigenvalue weighted by Gasteiger charge is -2.43. The van der Waals surface area contributed by atoms with Crippen molar-refractivity contribution in [1.29, 1.82) is 0 Å². The normalized spacial score (nSPS) is 19.0. The minimum absolute atomic E-state index is 0.0345. The lowest BCUT2D eigenvalue weighted by molar-refractivity contribution is -0.141. The second kappa shape index (κ2) is 6.45. The van der Waals surface area contributed by atoms with E-state index in [0.29, 0.717) is 13.2 Å². The summed E-state index contributed by atoms with van der Waals surface area (Å²) < 4.78 is 10.9. The lowest BCUT2D eigenvalue weighted by Crippen LogP contribution is -2.50. The largest absolute Gasteiger partial charge is 0.496 e. The fraction of sp³-hybridized carbons (Fsp3) is 0.562. The van der Waals surface area contributed by atoms with Crippen LogP contribution >= 0.6 is 0 Å². The van der Waals surface area contributed by atoms with Crippen molar-refractivity contribution in [1.82, 2.24) is 4.90 Å². The first kappa shape index (κ1) is 15.8. The van der Waals surface area contributed by atoms with E-state index in [1.54, 1.807) is 7.11 Å². The molecular weight excluding hydrogens is 270 g/mol. The molecule has 1 heterocycles. The highest BCUT2D eigenvalue weighted by Gasteiger charge is 2.39. The first-order valence-electron chi connectivity index (χ1n) is 7.17. The Balaban J connectivity index is 2.48. The average Bonchev–Trinajstić information content (AvgIpc) is 2.47. The van der Waals surface area contributed by atoms with Crippen molar-refractivity contribution in [3.63, 3.8) is 0 Å². The predicted molar refractivity (Wildman–Crippen MR) is 79.7 cm³/mol. The van der Waals surface area contributed by atoms with Crippen LogP contribution < -0.4 is 4.74 Å². The number of carboxylic acid groups (broad SMARTS) is 1. The number of benzene rings is 1. The maximum Gasteiger partial charge on any atom is 0.305 e. The van der Waals surface area contributed by atoms with Crippen molar-refractivity contribution in [3.8, 4) is 5.75 Å². The van der Waals surface area contributed by atoms with Crippen LogP contribution in [-0.2, 0) is 15.1 Å². The quantitative estimate of drug-likeness (QED) is 0.900. The molecule has 0 spiro atoms. The van der Waals surface area contributed by atoms with E-state index in [0.717, 1.165) is 30.0 Å². The van der Waals surface area contributed by atoms with Gasteiger partial charge in [-0.2, -0.15) is 0 Å². The van der Waals surface area contributed by atoms with Crippen molar-refractivity contribution in [3.05, 3.63) is 29.3 Å². The SMILES string of the molecule is COc1ccc(C)cc1C(C)(CC(=O)O)N1CCOCC1. The molecular formula is C16H23NO4. The van der Waals surface area contributed by atoms with Crippen LogP contribution in [-0.4, -0.2) is 49.4 Å². The summed E-state index contributed by atoms with van der Waals surface area (Å²) in [4.78, 5) is 13.6. The molecule has 21 heavy (non-hydrogen) atoms. The number of carbonyl (C=O) groups is 1. The van der Waals surface area contributed by atoms with Gasteiger partial charge in [-0.15, -0.1) is 0 Å². The van der Waals surface area contributed by atoms with Gasteiger partial charge in [0.1, 0.15) is 5.75 Å². The fourth-order valence-electron chi connectivity index (χ4n) is 2.97. The molecule has 1 aliphatic rings. The van der Waals surface area contributed by atoms with Crippen LogP contribution in [0.25, 0.3) is 0 Å². The Bertz CT molecular complexity index is 511. The van der Waals surface area contributed by atoms with E-state index in [4.69, 9.17) is 9.47 Å². The number of hydrogen-bond acceptors (Lipinski definition) is 4. The maximum atomic E-state index is 11.4. The van der Waals surface area contributed by atoms with Crippen molar-refractivity contribution in [2.75, 3.05) is 33.4 Å². The molecule has 0 bridgehead atoms. The van der Waals surface area contributed by atoms with Crippen LogP contribution in [0.5, 0.6) is 5.75 Å². The zero-order chi connectivity index (χ0) is 15.5. The Morgan fingerprint density at radius 3 is 2.67 bits per heavy atom. The molecule has 1 saturated heterocycles. The first-order chi connectivity index (χ1) is 9.97. The molecule has 5 heteroatoms. The third-order valence-electron chi connectivity index (χ3n) is 4.14. The number of ether oxygens (including phenoxy) is 2. The summed E-state index contributed by atoms with van der Waals surface area (Å²) in [6, 6.07) is 5.91. The topological polar surface area (TPSA) is 59.0 Å². The van der Waals surface area contributed by atoms with E-state index in [2.05, 4.69) is 4.90 Å². The van der Waals surface area contributed by atoms with E-state index >= 15 is 0 Å². The molecule has 1 atom stereocenters. The second-order valence-corrected chi connectivity index (χ2v) is 5.65. The van der Waals surface area contributed by atoms with Crippen molar-refractivity contribution < 1.29 is 19.4 Å². The molecule has 0 radical (unpaired) electrons. The van der Waals surface area contributed by atoms with Crippen LogP contribution in [0.3, 0.4) is 0 Å². The number of hydrogen-bond donors (Lipinski definition) is 1. The van der Waals surface area contributed by atoms with Gasteiger partial charge in [0.05, 0.1) is 32.3 Å². The van der Waals surface area contributed by atoms with Crippen LogP contribution in [0, 0.1) is 6.92 Å². The second-order valence-electron chi connectivity index (χ2n) is 5.65. The summed E-state index contributed by atoms with van der Waals surface area (Å²) >= 11 is 0. The van der Waals surface area contributed by atoms with Gasteiger partial charge in [-0.1, -0.05) is 17.7 Å². The lowest BCUT2D eigenvalue weighted by atomic mass is 9.84. The number of methoxy groups -OCH3 is 1. The van der Waals surface area contributed by atoms with Crippen molar-refractivity contribution in [2.45, 2.75) is 25.8 Å². The molecule has 2 rings (SSSR count). The molecule has 1 fully saturated rings. The van der Waals surface area contributed by atoms with Gasteiger partial charge in [0.25, 0.3) is 0 Å². The summed E-state index contributed by atoms with van der Waals surface area (Å²) in [6.45, 7) is 6.68. The first-order valence-corrected chi connectivity index (χ1v) is 7.17. The molecule has 0 aliphatic carbocycles. The van der Waals surface area contributed by atoms with Crippen LogP contribution in [0.2, 0.25) is 0 Å². The molecule has 0 amide bonds. The van der Waals surface area contributed by atoms with Crippen molar-refractivity contribution in [2.24, 2.45) is 0 Å². The van der Waals surface area contributed by atoms with E-state index in [1.165, 1.54) is 0 Å². The number of nitrogens with zero attached hydrogens (tertiary/aromatic N) is 1. The Hall–Kier alpha value is -1.59. The third kappa shape index (κ3) is 3.36. The zero-order valence-corrected chi connectivity index (χ0v) is 12.9. The Morgan fingerprint density at radius 2 is 2.10 bits per heavy atom. The smallest absolute Gasteiger partial charge is 0.305 e. The number of aliphatic carboxylic acids is 1. The minimum atomic E-state index is -0.812. The number of aryl methyl sites for hydroxylation is 1. The van der Waals surface area contributed by atoms with Gasteiger partial charge in [-0.25, -0.2) is 0 Å². The standard InChI is InChI=1S/C16H23NO4/c1-12-4-5-14(20-3)13(10-12)16(2,11-15(18)19)17-6-8-21-9-7-17/h4-5,10H,6-9,11H2,1-3H3,(H,18,19). The molecule has 1 aromatic carbocycles. The highest BCUT2D eigenvalue weighted by Crippen LogP contribution is 2.38. The van der Waals surface area contributed by atoms with E-state index in [-0.39, 0.29) is 6.42 Å². The van der Waals surface area contributed by atoms with Gasteiger partial charge in [0.2, 0.25) is 0 Å². The van der Waals surface area contributed by atoms with Crippen molar-refractivity contribution >= 4 is 5.97 Å². The Kier molecular flexibility index (Phi) is 4.85. The number of carboxylic acids is 1. The molecule has 0 saturated carbocycles. The van der Waals surface area contributed by atoms with Crippen LogP contribution in [0.4, 0.5) is 0 Å². The minimum Gasteiger partial charge on any atom is -0.496 e. The number of rotatable bonds is 5.